The molecule has 0 bridgehead atoms. The lowest BCUT2D eigenvalue weighted by Gasteiger charge is -2.24. The number of hydrogen-bond acceptors (Lipinski definition) is 3. The molecule has 0 aliphatic heterocycles. The van der Waals surface area contributed by atoms with Gasteiger partial charge in [-0.3, -0.25) is 9.59 Å². The Morgan fingerprint density at radius 1 is 1.07 bits per heavy atom. The first-order valence-electron chi connectivity index (χ1n) is 9.23. The van der Waals surface area contributed by atoms with E-state index in [1.54, 1.807) is 4.90 Å². The first-order valence-corrected chi connectivity index (χ1v) is 9.23. The van der Waals surface area contributed by atoms with Gasteiger partial charge in [0.1, 0.15) is 5.75 Å². The van der Waals surface area contributed by atoms with Gasteiger partial charge in [-0.25, -0.2) is 0 Å². The number of hydrogen-bond donors (Lipinski definition) is 1. The van der Waals surface area contributed by atoms with E-state index in [1.165, 1.54) is 12.5 Å². The smallest absolute Gasteiger partial charge is 0.224 e. The van der Waals surface area contributed by atoms with Gasteiger partial charge in [0.2, 0.25) is 11.8 Å². The van der Waals surface area contributed by atoms with E-state index in [-0.39, 0.29) is 17.9 Å². The Bertz CT molecular complexity index is 769. The molecular weight excluding hydrogens is 340 g/mol. The zero-order valence-electron chi connectivity index (χ0n) is 16.5. The summed E-state index contributed by atoms with van der Waals surface area (Å²) >= 11 is 0. The maximum absolute atomic E-state index is 12.2. The van der Waals surface area contributed by atoms with Crippen LogP contribution in [0.4, 0.5) is 5.69 Å². The Balaban J connectivity index is 1.96. The van der Waals surface area contributed by atoms with Gasteiger partial charge < -0.3 is 15.0 Å². The lowest BCUT2D eigenvalue weighted by molar-refractivity contribution is -0.121. The zero-order chi connectivity index (χ0) is 19.8. The topological polar surface area (TPSA) is 58.6 Å². The Morgan fingerprint density at radius 3 is 2.37 bits per heavy atom. The van der Waals surface area contributed by atoms with E-state index in [2.05, 4.69) is 5.32 Å². The summed E-state index contributed by atoms with van der Waals surface area (Å²) < 4.78 is 5.81. The van der Waals surface area contributed by atoms with Crippen LogP contribution in [-0.4, -0.2) is 31.0 Å². The number of nitrogens with one attached hydrogen (secondary N) is 1. The van der Waals surface area contributed by atoms with Crippen molar-refractivity contribution in [3.05, 3.63) is 59.7 Å². The second-order valence-corrected chi connectivity index (χ2v) is 6.82. The first kappa shape index (κ1) is 20.5. The predicted molar refractivity (Wildman–Crippen MR) is 108 cm³/mol. The fourth-order valence-electron chi connectivity index (χ4n) is 2.74. The van der Waals surface area contributed by atoms with Crippen LogP contribution in [0.3, 0.4) is 0 Å². The highest BCUT2D eigenvalue weighted by Gasteiger charge is 2.17. The van der Waals surface area contributed by atoms with Gasteiger partial charge in [0.05, 0.1) is 18.2 Å². The summed E-state index contributed by atoms with van der Waals surface area (Å²) in [7, 11) is 0. The molecule has 5 heteroatoms. The fraction of sp³-hybridized carbons (Fsp3) is 0.364. The van der Waals surface area contributed by atoms with Crippen LogP contribution in [0.25, 0.3) is 0 Å². The van der Waals surface area contributed by atoms with E-state index in [0.29, 0.717) is 30.9 Å². The van der Waals surface area contributed by atoms with Crippen molar-refractivity contribution in [3.63, 3.8) is 0 Å². The Labute approximate surface area is 161 Å². The normalized spacial score (nSPS) is 10.6. The highest BCUT2D eigenvalue weighted by molar-refractivity contribution is 5.93. The molecule has 0 saturated carbocycles. The van der Waals surface area contributed by atoms with Gasteiger partial charge in [-0.05, 0) is 38.5 Å². The van der Waals surface area contributed by atoms with Crippen LogP contribution < -0.4 is 15.0 Å². The third-order valence-electron chi connectivity index (χ3n) is 4.04. The molecule has 0 atom stereocenters. The minimum atomic E-state index is -0.0948. The number of benzene rings is 2. The fourth-order valence-corrected chi connectivity index (χ4v) is 2.74. The molecule has 0 aromatic heterocycles. The number of carbonyl (C=O) groups is 2. The van der Waals surface area contributed by atoms with Gasteiger partial charge in [-0.2, -0.15) is 0 Å². The lowest BCUT2D eigenvalue weighted by Crippen LogP contribution is -2.38. The first-order chi connectivity index (χ1) is 12.9. The van der Waals surface area contributed by atoms with Gasteiger partial charge in [-0.1, -0.05) is 42.0 Å². The average molecular weight is 368 g/mol. The van der Waals surface area contributed by atoms with Crippen molar-refractivity contribution in [2.24, 2.45) is 0 Å². The number of aryl methyl sites for hydroxylation is 1. The quantitative estimate of drug-likeness (QED) is 0.776. The van der Waals surface area contributed by atoms with Crippen molar-refractivity contribution in [2.75, 3.05) is 18.0 Å². The van der Waals surface area contributed by atoms with Crippen LogP contribution in [0.5, 0.6) is 5.75 Å². The van der Waals surface area contributed by atoms with Crippen LogP contribution in [-0.2, 0) is 16.0 Å². The summed E-state index contributed by atoms with van der Waals surface area (Å²) in [6, 6.07) is 15.3. The highest BCUT2D eigenvalue weighted by Crippen LogP contribution is 2.28. The molecule has 0 aliphatic rings. The summed E-state index contributed by atoms with van der Waals surface area (Å²) in [6.07, 6.45) is 0.335. The molecule has 5 nitrogen and oxygen atoms in total. The van der Waals surface area contributed by atoms with Crippen LogP contribution in [0.2, 0.25) is 0 Å². The summed E-state index contributed by atoms with van der Waals surface area (Å²) in [6.45, 7) is 8.18. The summed E-state index contributed by atoms with van der Waals surface area (Å²) in [5.41, 5.74) is 2.85. The minimum absolute atomic E-state index is 0.00849. The van der Waals surface area contributed by atoms with E-state index < -0.39 is 0 Å². The van der Waals surface area contributed by atoms with Crippen LogP contribution >= 0.6 is 0 Å². The van der Waals surface area contributed by atoms with Crippen molar-refractivity contribution in [3.8, 4) is 5.75 Å². The maximum Gasteiger partial charge on any atom is 0.224 e. The summed E-state index contributed by atoms with van der Waals surface area (Å²) in [4.78, 5) is 25.9. The molecule has 0 radical (unpaired) electrons. The summed E-state index contributed by atoms with van der Waals surface area (Å²) in [5.74, 6) is 0.505. The van der Waals surface area contributed by atoms with Gasteiger partial charge in [0.25, 0.3) is 0 Å². The molecule has 2 aromatic carbocycles. The van der Waals surface area contributed by atoms with Crippen molar-refractivity contribution in [1.82, 2.24) is 5.32 Å². The number of carbonyl (C=O) groups excluding carboxylic acids is 2. The average Bonchev–Trinajstić information content (AvgIpc) is 2.61. The number of nitrogens with zero attached hydrogens (tertiary/aromatic N) is 1. The Morgan fingerprint density at radius 2 is 1.74 bits per heavy atom. The molecule has 0 spiro atoms. The van der Waals surface area contributed by atoms with Crippen LogP contribution in [0, 0.1) is 6.92 Å². The number of ether oxygens (including phenoxy) is 1. The van der Waals surface area contributed by atoms with Crippen molar-refractivity contribution < 1.29 is 14.3 Å². The molecule has 1 N–H and O–H groups in total. The van der Waals surface area contributed by atoms with Crippen LogP contribution in [0.1, 0.15) is 31.9 Å². The zero-order valence-corrected chi connectivity index (χ0v) is 16.5. The van der Waals surface area contributed by atoms with Gasteiger partial charge >= 0.3 is 0 Å². The molecule has 0 heterocycles. The lowest BCUT2D eigenvalue weighted by atomic mass is 10.1. The molecule has 0 fully saturated rings. The van der Waals surface area contributed by atoms with E-state index in [0.717, 1.165) is 5.56 Å². The number of anilines is 1. The second kappa shape index (κ2) is 9.76. The molecular formula is C22H28N2O3. The largest absolute Gasteiger partial charge is 0.489 e. The van der Waals surface area contributed by atoms with Crippen LogP contribution in [0.15, 0.2) is 48.5 Å². The SMILES string of the molecule is CC(=O)N(CCNC(=O)Cc1ccc(C)cc1)c1ccccc1OC(C)C. The van der Waals surface area contributed by atoms with Crippen molar-refractivity contribution >= 4 is 17.5 Å². The van der Waals surface area contributed by atoms with E-state index in [4.69, 9.17) is 4.74 Å². The van der Waals surface area contributed by atoms with Crippen molar-refractivity contribution in [1.29, 1.82) is 0 Å². The molecule has 0 unspecified atom stereocenters. The third-order valence-corrected chi connectivity index (χ3v) is 4.04. The predicted octanol–water partition coefficient (Wildman–Crippen LogP) is 3.49. The Kier molecular flexibility index (Phi) is 7.41. The second-order valence-electron chi connectivity index (χ2n) is 6.82. The standard InChI is InChI=1S/C22H28N2O3/c1-16(2)27-21-8-6-5-7-20(21)24(18(4)25)14-13-23-22(26)15-19-11-9-17(3)10-12-19/h5-12,16H,13-15H2,1-4H3,(H,23,26). The molecule has 2 rings (SSSR count). The van der Waals surface area contributed by atoms with E-state index >= 15 is 0 Å². The summed E-state index contributed by atoms with van der Waals surface area (Å²) in [5, 5.41) is 2.89. The molecule has 0 aliphatic carbocycles. The molecule has 2 amide bonds. The molecule has 144 valence electrons. The molecule has 2 aromatic rings. The van der Waals surface area contributed by atoms with Gasteiger partial charge in [-0.15, -0.1) is 0 Å². The van der Waals surface area contributed by atoms with Gasteiger partial charge in [0.15, 0.2) is 0 Å². The number of para-hydroxylation sites is 2. The third kappa shape index (κ3) is 6.44. The minimum Gasteiger partial charge on any atom is -0.489 e. The van der Waals surface area contributed by atoms with Crippen molar-refractivity contribution in [2.45, 2.75) is 40.2 Å². The Hall–Kier alpha value is -2.82. The molecule has 27 heavy (non-hydrogen) atoms. The van der Waals surface area contributed by atoms with Gasteiger partial charge in [0, 0.05) is 20.0 Å². The highest BCUT2D eigenvalue weighted by atomic mass is 16.5. The van der Waals surface area contributed by atoms with E-state index in [9.17, 15) is 9.59 Å². The maximum atomic E-state index is 12.2. The number of amides is 2. The monoisotopic (exact) mass is 368 g/mol. The molecule has 0 saturated heterocycles. The van der Waals surface area contributed by atoms with E-state index in [1.807, 2.05) is 69.3 Å². The number of rotatable bonds is 8.